The minimum atomic E-state index is 0.379. The fraction of sp³-hybridized carbons (Fsp3) is 0.538. The topological polar surface area (TPSA) is 35.2 Å². The molecule has 84 valence electrons. The number of ether oxygens (including phenoxy) is 1. The fourth-order valence-corrected chi connectivity index (χ4v) is 1.55. The first-order chi connectivity index (χ1) is 7.22. The molecule has 0 bridgehead atoms. The van der Waals surface area contributed by atoms with Crippen molar-refractivity contribution >= 4 is 5.69 Å². The van der Waals surface area contributed by atoms with Crippen LogP contribution in [0.2, 0.25) is 0 Å². The molecule has 0 aliphatic heterocycles. The molecule has 0 amide bonds. The SMILES string of the molecule is CCCC(C)OCCc1ccc(N)cc1. The van der Waals surface area contributed by atoms with E-state index in [1.165, 1.54) is 12.0 Å². The Labute approximate surface area is 92.4 Å². The molecular weight excluding hydrogens is 186 g/mol. The van der Waals surface area contributed by atoms with Gasteiger partial charge in [-0.2, -0.15) is 0 Å². The predicted molar refractivity (Wildman–Crippen MR) is 64.9 cm³/mol. The van der Waals surface area contributed by atoms with E-state index in [1.54, 1.807) is 0 Å². The van der Waals surface area contributed by atoms with Crippen molar-refractivity contribution in [3.8, 4) is 0 Å². The zero-order valence-corrected chi connectivity index (χ0v) is 9.70. The standard InChI is InChI=1S/C13H21NO/c1-3-4-11(2)15-10-9-12-5-7-13(14)8-6-12/h5-8,11H,3-4,9-10,14H2,1-2H3. The molecule has 0 aliphatic rings. The van der Waals surface area contributed by atoms with E-state index in [2.05, 4.69) is 26.0 Å². The van der Waals surface area contributed by atoms with Gasteiger partial charge in [0.25, 0.3) is 0 Å². The maximum atomic E-state index is 5.69. The Morgan fingerprint density at radius 3 is 2.53 bits per heavy atom. The van der Waals surface area contributed by atoms with Crippen LogP contribution >= 0.6 is 0 Å². The molecule has 1 aromatic carbocycles. The zero-order chi connectivity index (χ0) is 11.1. The lowest BCUT2D eigenvalue weighted by Gasteiger charge is -2.11. The van der Waals surface area contributed by atoms with Gasteiger partial charge in [0.15, 0.2) is 0 Å². The lowest BCUT2D eigenvalue weighted by atomic mass is 10.1. The van der Waals surface area contributed by atoms with E-state index < -0.39 is 0 Å². The third kappa shape index (κ3) is 4.84. The first-order valence-electron chi connectivity index (χ1n) is 5.68. The number of nitrogen functional groups attached to an aromatic ring is 1. The molecule has 0 saturated heterocycles. The minimum Gasteiger partial charge on any atom is -0.399 e. The molecule has 0 aromatic heterocycles. The summed E-state index contributed by atoms with van der Waals surface area (Å²) in [6.45, 7) is 5.11. The third-order valence-electron chi connectivity index (χ3n) is 2.47. The molecule has 0 aliphatic carbocycles. The first-order valence-corrected chi connectivity index (χ1v) is 5.68. The quantitative estimate of drug-likeness (QED) is 0.728. The van der Waals surface area contributed by atoms with E-state index in [-0.39, 0.29) is 0 Å². The van der Waals surface area contributed by atoms with Gasteiger partial charge in [-0.05, 0) is 37.5 Å². The molecule has 0 fully saturated rings. The summed E-state index contributed by atoms with van der Waals surface area (Å²) >= 11 is 0. The van der Waals surface area contributed by atoms with Gasteiger partial charge in [-0.15, -0.1) is 0 Å². The average Bonchev–Trinajstić information content (AvgIpc) is 2.21. The highest BCUT2D eigenvalue weighted by atomic mass is 16.5. The monoisotopic (exact) mass is 207 g/mol. The molecule has 1 aromatic rings. The van der Waals surface area contributed by atoms with Gasteiger partial charge in [0.1, 0.15) is 0 Å². The normalized spacial score (nSPS) is 12.7. The fourth-order valence-electron chi connectivity index (χ4n) is 1.55. The number of hydrogen-bond donors (Lipinski definition) is 1. The number of anilines is 1. The van der Waals surface area contributed by atoms with Crippen LogP contribution in [0.15, 0.2) is 24.3 Å². The van der Waals surface area contributed by atoms with Crippen molar-refractivity contribution in [2.24, 2.45) is 0 Å². The second-order valence-electron chi connectivity index (χ2n) is 3.96. The maximum absolute atomic E-state index is 5.69. The van der Waals surface area contributed by atoms with Gasteiger partial charge in [-0.25, -0.2) is 0 Å². The van der Waals surface area contributed by atoms with Crippen molar-refractivity contribution < 1.29 is 4.74 Å². The first kappa shape index (κ1) is 12.1. The molecule has 0 radical (unpaired) electrons. The van der Waals surface area contributed by atoms with E-state index >= 15 is 0 Å². The van der Waals surface area contributed by atoms with Gasteiger partial charge < -0.3 is 10.5 Å². The van der Waals surface area contributed by atoms with Crippen molar-refractivity contribution in [3.05, 3.63) is 29.8 Å². The zero-order valence-electron chi connectivity index (χ0n) is 9.70. The number of hydrogen-bond acceptors (Lipinski definition) is 2. The lowest BCUT2D eigenvalue weighted by Crippen LogP contribution is -2.10. The molecule has 2 nitrogen and oxygen atoms in total. The molecule has 15 heavy (non-hydrogen) atoms. The summed E-state index contributed by atoms with van der Waals surface area (Å²) in [6, 6.07) is 7.99. The molecule has 1 unspecified atom stereocenters. The summed E-state index contributed by atoms with van der Waals surface area (Å²) in [5.41, 5.74) is 7.72. The lowest BCUT2D eigenvalue weighted by molar-refractivity contribution is 0.0621. The van der Waals surface area contributed by atoms with Crippen LogP contribution in [-0.4, -0.2) is 12.7 Å². The van der Waals surface area contributed by atoms with Gasteiger partial charge in [-0.1, -0.05) is 25.5 Å². The van der Waals surface area contributed by atoms with Crippen LogP contribution in [0.25, 0.3) is 0 Å². The molecule has 0 saturated carbocycles. The Morgan fingerprint density at radius 2 is 1.93 bits per heavy atom. The van der Waals surface area contributed by atoms with E-state index in [4.69, 9.17) is 10.5 Å². The minimum absolute atomic E-state index is 0.379. The van der Waals surface area contributed by atoms with Crippen LogP contribution in [0.4, 0.5) is 5.69 Å². The van der Waals surface area contributed by atoms with E-state index in [0.29, 0.717) is 6.10 Å². The Balaban J connectivity index is 2.22. The van der Waals surface area contributed by atoms with Crippen LogP contribution in [0, 0.1) is 0 Å². The summed E-state index contributed by atoms with van der Waals surface area (Å²) in [6.07, 6.45) is 3.67. The van der Waals surface area contributed by atoms with E-state index in [0.717, 1.165) is 25.1 Å². The van der Waals surface area contributed by atoms with Crippen LogP contribution < -0.4 is 5.73 Å². The Morgan fingerprint density at radius 1 is 1.27 bits per heavy atom. The summed E-state index contributed by atoms with van der Waals surface area (Å²) in [5, 5.41) is 0. The van der Waals surface area contributed by atoms with Gasteiger partial charge >= 0.3 is 0 Å². The van der Waals surface area contributed by atoms with Crippen molar-refractivity contribution in [1.29, 1.82) is 0 Å². The van der Waals surface area contributed by atoms with Crippen molar-refractivity contribution in [1.82, 2.24) is 0 Å². The number of rotatable bonds is 6. The molecule has 0 heterocycles. The Kier molecular flexibility index (Phi) is 5.19. The molecular formula is C13H21NO. The second kappa shape index (κ2) is 6.46. The summed E-state index contributed by atoms with van der Waals surface area (Å²) in [4.78, 5) is 0. The van der Waals surface area contributed by atoms with Gasteiger partial charge in [-0.3, -0.25) is 0 Å². The highest BCUT2D eigenvalue weighted by molar-refractivity contribution is 5.39. The highest BCUT2D eigenvalue weighted by Crippen LogP contribution is 2.07. The maximum Gasteiger partial charge on any atom is 0.0547 e. The van der Waals surface area contributed by atoms with Crippen LogP contribution in [0.3, 0.4) is 0 Å². The molecule has 0 spiro atoms. The molecule has 1 atom stereocenters. The molecule has 2 N–H and O–H groups in total. The average molecular weight is 207 g/mol. The number of benzene rings is 1. The smallest absolute Gasteiger partial charge is 0.0547 e. The van der Waals surface area contributed by atoms with Crippen LogP contribution in [-0.2, 0) is 11.2 Å². The largest absolute Gasteiger partial charge is 0.399 e. The Hall–Kier alpha value is -1.02. The third-order valence-corrected chi connectivity index (χ3v) is 2.47. The van der Waals surface area contributed by atoms with Gasteiger partial charge in [0.2, 0.25) is 0 Å². The summed E-state index contributed by atoms with van der Waals surface area (Å²) in [5.74, 6) is 0. The second-order valence-corrected chi connectivity index (χ2v) is 3.96. The van der Waals surface area contributed by atoms with Crippen molar-refractivity contribution in [3.63, 3.8) is 0 Å². The van der Waals surface area contributed by atoms with E-state index in [9.17, 15) is 0 Å². The molecule has 1 rings (SSSR count). The summed E-state index contributed by atoms with van der Waals surface area (Å²) < 4.78 is 5.69. The van der Waals surface area contributed by atoms with Gasteiger partial charge in [0.05, 0.1) is 12.7 Å². The van der Waals surface area contributed by atoms with Crippen molar-refractivity contribution in [2.75, 3.05) is 12.3 Å². The summed E-state index contributed by atoms with van der Waals surface area (Å²) in [7, 11) is 0. The van der Waals surface area contributed by atoms with E-state index in [1.807, 2.05) is 12.1 Å². The molecule has 2 heteroatoms. The number of nitrogens with two attached hydrogens (primary N) is 1. The van der Waals surface area contributed by atoms with Crippen LogP contribution in [0.5, 0.6) is 0 Å². The van der Waals surface area contributed by atoms with Gasteiger partial charge in [0, 0.05) is 5.69 Å². The van der Waals surface area contributed by atoms with Crippen LogP contribution in [0.1, 0.15) is 32.3 Å². The predicted octanol–water partition coefficient (Wildman–Crippen LogP) is 3.02. The van der Waals surface area contributed by atoms with Crippen molar-refractivity contribution in [2.45, 2.75) is 39.2 Å². The Bertz CT molecular complexity index is 268. The highest BCUT2D eigenvalue weighted by Gasteiger charge is 2.00.